The molecule has 0 saturated heterocycles. The quantitative estimate of drug-likeness (QED) is 0.568. The highest BCUT2D eigenvalue weighted by Gasteiger charge is 1.95. The summed E-state index contributed by atoms with van der Waals surface area (Å²) in [5.41, 5.74) is 8.20. The van der Waals surface area contributed by atoms with Crippen molar-refractivity contribution in [3.8, 4) is 0 Å². The zero-order valence-electron chi connectivity index (χ0n) is 7.49. The fourth-order valence-corrected chi connectivity index (χ4v) is 1.15. The smallest absolute Gasteiger partial charge is 0.332 e. The van der Waals surface area contributed by atoms with Crippen molar-refractivity contribution >= 4 is 23.8 Å². The summed E-state index contributed by atoms with van der Waals surface area (Å²) in [4.78, 5) is 14.4. The zero-order valence-corrected chi connectivity index (χ0v) is 8.25. The average Bonchev–Trinajstić information content (AvgIpc) is 2.01. The van der Waals surface area contributed by atoms with Gasteiger partial charge in [-0.3, -0.25) is 4.98 Å². The van der Waals surface area contributed by atoms with Crippen LogP contribution in [0.2, 0.25) is 5.02 Å². The number of halogens is 1. The van der Waals surface area contributed by atoms with Crippen molar-refractivity contribution in [1.82, 2.24) is 10.4 Å². The van der Waals surface area contributed by atoms with Crippen molar-refractivity contribution in [3.05, 3.63) is 28.5 Å². The molecule has 3 N–H and O–H groups in total. The molecule has 0 unspecified atom stereocenters. The second-order valence-electron chi connectivity index (χ2n) is 2.59. The summed E-state index contributed by atoms with van der Waals surface area (Å²) in [6.07, 6.45) is 1.36. The number of hydrogen-bond acceptors (Lipinski definition) is 3. The van der Waals surface area contributed by atoms with Crippen LogP contribution < -0.4 is 11.2 Å². The summed E-state index contributed by atoms with van der Waals surface area (Å²) in [7, 11) is 0. The number of aryl methyl sites for hydroxylation is 1. The highest BCUT2D eigenvalue weighted by molar-refractivity contribution is 6.30. The molecule has 0 aliphatic heterocycles. The summed E-state index contributed by atoms with van der Waals surface area (Å²) in [6, 6.07) is 2.63. The van der Waals surface area contributed by atoms with Crippen molar-refractivity contribution in [1.29, 1.82) is 0 Å². The highest BCUT2D eigenvalue weighted by Crippen LogP contribution is 2.09. The molecule has 5 nitrogen and oxygen atoms in total. The number of hydrazone groups is 1. The third-order valence-corrected chi connectivity index (χ3v) is 1.53. The van der Waals surface area contributed by atoms with E-state index in [1.807, 2.05) is 6.92 Å². The minimum Gasteiger partial charge on any atom is -0.350 e. The SMILES string of the molecule is Cc1cc(Cl)cc(/C=N/NC(N)=O)n1. The van der Waals surface area contributed by atoms with Crippen LogP contribution >= 0.6 is 11.6 Å². The molecule has 0 saturated carbocycles. The molecule has 1 aromatic rings. The van der Waals surface area contributed by atoms with Crippen molar-refractivity contribution in [3.63, 3.8) is 0 Å². The number of carbonyl (C=O) groups excluding carboxylic acids is 1. The largest absolute Gasteiger partial charge is 0.350 e. The van der Waals surface area contributed by atoms with Crippen LogP contribution in [0, 0.1) is 6.92 Å². The van der Waals surface area contributed by atoms with Gasteiger partial charge < -0.3 is 5.73 Å². The predicted molar refractivity (Wildman–Crippen MR) is 54.3 cm³/mol. The standard InChI is InChI=1S/C8H9ClN4O/c1-5-2-6(9)3-7(12-5)4-11-13-8(10)14/h2-4H,1H3,(H3,10,13,14)/b11-4+. The van der Waals surface area contributed by atoms with Crippen molar-refractivity contribution in [2.75, 3.05) is 0 Å². The Morgan fingerprint density at radius 1 is 1.71 bits per heavy atom. The van der Waals surface area contributed by atoms with Crippen molar-refractivity contribution in [2.45, 2.75) is 6.92 Å². The predicted octanol–water partition coefficient (Wildman–Crippen LogP) is 1.05. The monoisotopic (exact) mass is 212 g/mol. The van der Waals surface area contributed by atoms with Gasteiger partial charge in [-0.2, -0.15) is 5.10 Å². The Bertz CT molecular complexity index is 357. The number of rotatable bonds is 2. The molecule has 0 aliphatic rings. The minimum absolute atomic E-state index is 0.559. The number of pyridine rings is 1. The molecule has 0 aliphatic carbocycles. The van der Waals surface area contributed by atoms with Gasteiger partial charge in [-0.25, -0.2) is 10.2 Å². The second-order valence-corrected chi connectivity index (χ2v) is 3.02. The number of nitrogens with zero attached hydrogens (tertiary/aromatic N) is 2. The molecule has 0 atom stereocenters. The van der Waals surface area contributed by atoms with E-state index in [1.165, 1.54) is 6.21 Å². The van der Waals surface area contributed by atoms with Gasteiger partial charge in [0.1, 0.15) is 0 Å². The first-order chi connectivity index (χ1) is 6.58. The van der Waals surface area contributed by atoms with E-state index in [-0.39, 0.29) is 0 Å². The maximum Gasteiger partial charge on any atom is 0.332 e. The zero-order chi connectivity index (χ0) is 10.6. The maximum absolute atomic E-state index is 10.3. The lowest BCUT2D eigenvalue weighted by Crippen LogP contribution is -2.24. The first-order valence-electron chi connectivity index (χ1n) is 3.80. The highest BCUT2D eigenvalue weighted by atomic mass is 35.5. The molecule has 0 bridgehead atoms. The second kappa shape index (κ2) is 4.57. The van der Waals surface area contributed by atoms with Crippen LogP contribution in [0.1, 0.15) is 11.4 Å². The molecular weight excluding hydrogens is 204 g/mol. The van der Waals surface area contributed by atoms with E-state index in [4.69, 9.17) is 17.3 Å². The van der Waals surface area contributed by atoms with Gasteiger partial charge in [-0.05, 0) is 19.1 Å². The van der Waals surface area contributed by atoms with Gasteiger partial charge in [0, 0.05) is 10.7 Å². The van der Waals surface area contributed by atoms with E-state index in [9.17, 15) is 4.79 Å². The Morgan fingerprint density at radius 2 is 2.43 bits per heavy atom. The van der Waals surface area contributed by atoms with E-state index in [0.717, 1.165) is 5.69 Å². The molecule has 0 spiro atoms. The molecule has 14 heavy (non-hydrogen) atoms. The third kappa shape index (κ3) is 3.40. The van der Waals surface area contributed by atoms with Gasteiger partial charge >= 0.3 is 6.03 Å². The number of amides is 2. The number of primary amides is 1. The molecule has 6 heteroatoms. The molecular formula is C8H9ClN4O. The Hall–Kier alpha value is -1.62. The van der Waals surface area contributed by atoms with E-state index in [0.29, 0.717) is 10.7 Å². The molecule has 2 amide bonds. The summed E-state index contributed by atoms with van der Waals surface area (Å²) in [6.45, 7) is 1.81. The molecule has 0 aromatic carbocycles. The van der Waals surface area contributed by atoms with E-state index < -0.39 is 6.03 Å². The van der Waals surface area contributed by atoms with Crippen molar-refractivity contribution < 1.29 is 4.79 Å². The van der Waals surface area contributed by atoms with Crippen LogP contribution in [0.15, 0.2) is 17.2 Å². The molecule has 1 aromatic heterocycles. The van der Waals surface area contributed by atoms with Crippen LogP contribution in [-0.2, 0) is 0 Å². The fraction of sp³-hybridized carbons (Fsp3) is 0.125. The number of aromatic nitrogens is 1. The molecule has 0 radical (unpaired) electrons. The number of nitrogens with one attached hydrogen (secondary N) is 1. The van der Waals surface area contributed by atoms with E-state index in [2.05, 4.69) is 15.5 Å². The van der Waals surface area contributed by atoms with Crippen molar-refractivity contribution in [2.24, 2.45) is 10.8 Å². The van der Waals surface area contributed by atoms with Crippen LogP contribution in [0.25, 0.3) is 0 Å². The van der Waals surface area contributed by atoms with E-state index in [1.54, 1.807) is 12.1 Å². The van der Waals surface area contributed by atoms with Gasteiger partial charge in [0.15, 0.2) is 0 Å². The molecule has 1 rings (SSSR count). The normalized spacial score (nSPS) is 10.4. The number of urea groups is 1. The minimum atomic E-state index is -0.722. The first kappa shape index (κ1) is 10.5. The number of hydrogen-bond donors (Lipinski definition) is 2. The van der Waals surface area contributed by atoms with Crippen LogP contribution in [0.5, 0.6) is 0 Å². The van der Waals surface area contributed by atoms with Gasteiger partial charge in [-0.15, -0.1) is 0 Å². The lowest BCUT2D eigenvalue weighted by molar-refractivity contribution is 0.249. The van der Waals surface area contributed by atoms with Crippen LogP contribution in [0.3, 0.4) is 0 Å². The Morgan fingerprint density at radius 3 is 3.00 bits per heavy atom. The first-order valence-corrected chi connectivity index (χ1v) is 4.18. The summed E-state index contributed by atoms with van der Waals surface area (Å²) < 4.78 is 0. The molecule has 0 fully saturated rings. The number of carbonyl (C=O) groups is 1. The lowest BCUT2D eigenvalue weighted by Gasteiger charge is -1.97. The molecule has 74 valence electrons. The summed E-state index contributed by atoms with van der Waals surface area (Å²) in [5, 5.41) is 4.12. The van der Waals surface area contributed by atoms with Crippen LogP contribution in [0.4, 0.5) is 4.79 Å². The third-order valence-electron chi connectivity index (χ3n) is 1.31. The Labute approximate surface area is 86.0 Å². The van der Waals surface area contributed by atoms with E-state index >= 15 is 0 Å². The van der Waals surface area contributed by atoms with Crippen LogP contribution in [-0.4, -0.2) is 17.2 Å². The average molecular weight is 213 g/mol. The topological polar surface area (TPSA) is 80.4 Å². The number of nitrogens with two attached hydrogens (primary N) is 1. The van der Waals surface area contributed by atoms with Gasteiger partial charge in [0.2, 0.25) is 0 Å². The van der Waals surface area contributed by atoms with Gasteiger partial charge in [0.25, 0.3) is 0 Å². The van der Waals surface area contributed by atoms with Gasteiger partial charge in [0.05, 0.1) is 11.9 Å². The molecule has 1 heterocycles. The maximum atomic E-state index is 10.3. The Kier molecular flexibility index (Phi) is 3.41. The fourth-order valence-electron chi connectivity index (χ4n) is 0.879. The lowest BCUT2D eigenvalue weighted by atomic mass is 10.3. The summed E-state index contributed by atoms with van der Waals surface area (Å²) in [5.74, 6) is 0. The Balaban J connectivity index is 2.76. The summed E-state index contributed by atoms with van der Waals surface area (Å²) >= 11 is 5.78. The van der Waals surface area contributed by atoms with Gasteiger partial charge in [-0.1, -0.05) is 11.6 Å².